The number of hydrogen-bond acceptors (Lipinski definition) is 4. The van der Waals surface area contributed by atoms with Gasteiger partial charge in [0.2, 0.25) is 15.9 Å². The van der Waals surface area contributed by atoms with Gasteiger partial charge in [-0.3, -0.25) is 9.69 Å². The molecule has 138 valence electrons. The molecule has 0 radical (unpaired) electrons. The smallest absolute Gasteiger partial charge is 0.240 e. The van der Waals surface area contributed by atoms with Crippen LogP contribution in [-0.2, 0) is 20.2 Å². The summed E-state index contributed by atoms with van der Waals surface area (Å²) in [6, 6.07) is 5.22. The van der Waals surface area contributed by atoms with Crippen LogP contribution in [0.2, 0.25) is 0 Å². The Morgan fingerprint density at radius 2 is 2.04 bits per heavy atom. The molecule has 2 heterocycles. The van der Waals surface area contributed by atoms with Crippen LogP contribution in [0, 0.1) is 0 Å². The molecule has 25 heavy (non-hydrogen) atoms. The van der Waals surface area contributed by atoms with Crippen molar-refractivity contribution in [1.82, 2.24) is 9.62 Å². The highest BCUT2D eigenvalue weighted by Crippen LogP contribution is 2.41. The summed E-state index contributed by atoms with van der Waals surface area (Å²) in [4.78, 5) is 16.5. The number of likely N-dealkylation sites (N-methyl/N-ethyl adjacent to an activating group) is 2. The number of rotatable bonds is 5. The SMILES string of the molecule is CCN1CCC[C@@H]1CNS(=O)(=O)c1ccc2c(c1)C(C)(C)C(=O)N2C. The van der Waals surface area contributed by atoms with Gasteiger partial charge in [-0.15, -0.1) is 0 Å². The molecule has 1 amide bonds. The fraction of sp³-hybridized carbons (Fsp3) is 0.611. The topological polar surface area (TPSA) is 69.7 Å². The van der Waals surface area contributed by atoms with E-state index in [0.29, 0.717) is 6.54 Å². The van der Waals surface area contributed by atoms with Gasteiger partial charge in [0, 0.05) is 25.3 Å². The molecule has 3 rings (SSSR count). The first-order chi connectivity index (χ1) is 11.7. The van der Waals surface area contributed by atoms with E-state index in [-0.39, 0.29) is 16.8 Å². The lowest BCUT2D eigenvalue weighted by molar-refractivity contribution is -0.121. The van der Waals surface area contributed by atoms with Crippen LogP contribution in [0.25, 0.3) is 0 Å². The Morgan fingerprint density at radius 3 is 2.72 bits per heavy atom. The Hall–Kier alpha value is -1.44. The Morgan fingerprint density at radius 1 is 1.32 bits per heavy atom. The molecule has 0 bridgehead atoms. The molecule has 1 atom stereocenters. The Kier molecular flexibility index (Phi) is 4.68. The lowest BCUT2D eigenvalue weighted by Gasteiger charge is -2.23. The molecule has 2 aliphatic rings. The number of benzene rings is 1. The molecule has 0 aromatic heterocycles. The van der Waals surface area contributed by atoms with Crippen LogP contribution in [0.4, 0.5) is 5.69 Å². The van der Waals surface area contributed by atoms with Crippen LogP contribution < -0.4 is 9.62 Å². The zero-order chi connectivity index (χ0) is 18.4. The van der Waals surface area contributed by atoms with E-state index in [4.69, 9.17) is 0 Å². The molecule has 0 unspecified atom stereocenters. The number of hydrogen-bond donors (Lipinski definition) is 1. The van der Waals surface area contributed by atoms with Gasteiger partial charge in [0.1, 0.15) is 0 Å². The van der Waals surface area contributed by atoms with Gasteiger partial charge in [0.25, 0.3) is 0 Å². The van der Waals surface area contributed by atoms with Crippen LogP contribution in [0.5, 0.6) is 0 Å². The summed E-state index contributed by atoms with van der Waals surface area (Å²) in [5.74, 6) is -0.0189. The number of sulfonamides is 1. The largest absolute Gasteiger partial charge is 0.314 e. The summed E-state index contributed by atoms with van der Waals surface area (Å²) in [5.41, 5.74) is 0.834. The molecule has 0 spiro atoms. The van der Waals surface area contributed by atoms with Gasteiger partial charge in [-0.1, -0.05) is 6.92 Å². The van der Waals surface area contributed by atoms with Crippen LogP contribution in [-0.4, -0.2) is 51.9 Å². The second kappa shape index (κ2) is 6.37. The first kappa shape index (κ1) is 18.4. The predicted molar refractivity (Wildman–Crippen MR) is 98.3 cm³/mol. The summed E-state index contributed by atoms with van der Waals surface area (Å²) in [5, 5.41) is 0. The molecule has 1 fully saturated rings. The highest BCUT2D eigenvalue weighted by Gasteiger charge is 2.42. The van der Waals surface area contributed by atoms with Crippen molar-refractivity contribution in [3.05, 3.63) is 23.8 Å². The highest BCUT2D eigenvalue weighted by molar-refractivity contribution is 7.89. The van der Waals surface area contributed by atoms with E-state index in [1.54, 1.807) is 30.1 Å². The summed E-state index contributed by atoms with van der Waals surface area (Å²) in [7, 11) is -1.87. The maximum atomic E-state index is 12.7. The molecule has 1 saturated heterocycles. The van der Waals surface area contributed by atoms with Crippen molar-refractivity contribution in [3.8, 4) is 0 Å². The maximum absolute atomic E-state index is 12.7. The quantitative estimate of drug-likeness (QED) is 0.862. The molecule has 2 aliphatic heterocycles. The molecule has 7 heteroatoms. The number of likely N-dealkylation sites (tertiary alicyclic amines) is 1. The molecule has 0 saturated carbocycles. The maximum Gasteiger partial charge on any atom is 0.240 e. The fourth-order valence-electron chi connectivity index (χ4n) is 3.95. The van der Waals surface area contributed by atoms with Crippen LogP contribution in [0.3, 0.4) is 0 Å². The number of carbonyl (C=O) groups is 1. The predicted octanol–water partition coefficient (Wildman–Crippen LogP) is 1.70. The van der Waals surface area contributed by atoms with E-state index in [1.807, 2.05) is 13.8 Å². The zero-order valence-corrected chi connectivity index (χ0v) is 16.2. The Labute approximate surface area is 150 Å². The summed E-state index contributed by atoms with van der Waals surface area (Å²) < 4.78 is 28.2. The standard InChI is InChI=1S/C18H27N3O3S/c1-5-21-10-6-7-13(21)12-19-25(23,24)14-8-9-16-15(11-14)18(2,3)17(22)20(16)4/h8-9,11,13,19H,5-7,10,12H2,1-4H3/t13-/m1/s1. The second-order valence-electron chi connectivity index (χ2n) is 7.44. The van der Waals surface area contributed by atoms with Gasteiger partial charge in [0.15, 0.2) is 0 Å². The summed E-state index contributed by atoms with van der Waals surface area (Å²) in [6.45, 7) is 8.16. The number of fused-ring (bicyclic) bond motifs is 1. The van der Waals surface area contributed by atoms with Crippen LogP contribution in [0.15, 0.2) is 23.1 Å². The highest BCUT2D eigenvalue weighted by atomic mass is 32.2. The fourth-order valence-corrected chi connectivity index (χ4v) is 5.05. The van der Waals surface area contributed by atoms with Crippen LogP contribution >= 0.6 is 0 Å². The number of amides is 1. The van der Waals surface area contributed by atoms with Crippen molar-refractivity contribution in [2.45, 2.75) is 50.0 Å². The third-order valence-corrected chi connectivity index (χ3v) is 6.99. The number of nitrogens with one attached hydrogen (secondary N) is 1. The van der Waals surface area contributed by atoms with E-state index >= 15 is 0 Å². The number of nitrogens with zero attached hydrogens (tertiary/aromatic N) is 2. The Bertz CT molecular complexity index is 789. The lowest BCUT2D eigenvalue weighted by Crippen LogP contribution is -2.40. The van der Waals surface area contributed by atoms with E-state index < -0.39 is 15.4 Å². The van der Waals surface area contributed by atoms with Gasteiger partial charge in [-0.2, -0.15) is 0 Å². The van der Waals surface area contributed by atoms with E-state index in [0.717, 1.165) is 37.2 Å². The van der Waals surface area contributed by atoms with Crippen molar-refractivity contribution >= 4 is 21.6 Å². The van der Waals surface area contributed by atoms with E-state index in [2.05, 4.69) is 16.5 Å². The molecule has 0 aliphatic carbocycles. The molecule has 6 nitrogen and oxygen atoms in total. The summed E-state index contributed by atoms with van der Waals surface area (Å²) >= 11 is 0. The monoisotopic (exact) mass is 365 g/mol. The molecule has 1 N–H and O–H groups in total. The van der Waals surface area contributed by atoms with Gasteiger partial charge >= 0.3 is 0 Å². The van der Waals surface area contributed by atoms with Gasteiger partial charge in [-0.05, 0) is 63.5 Å². The third kappa shape index (κ3) is 3.09. The van der Waals surface area contributed by atoms with Gasteiger partial charge in [0.05, 0.1) is 10.3 Å². The minimum Gasteiger partial charge on any atom is -0.314 e. The van der Waals surface area contributed by atoms with Crippen molar-refractivity contribution in [2.75, 3.05) is 31.6 Å². The van der Waals surface area contributed by atoms with Crippen molar-refractivity contribution < 1.29 is 13.2 Å². The van der Waals surface area contributed by atoms with Crippen molar-refractivity contribution in [1.29, 1.82) is 0 Å². The average molecular weight is 365 g/mol. The minimum absolute atomic E-state index is 0.0189. The molecule has 1 aromatic carbocycles. The molecular formula is C18H27N3O3S. The molecule has 1 aromatic rings. The van der Waals surface area contributed by atoms with Crippen LogP contribution in [0.1, 0.15) is 39.2 Å². The van der Waals surface area contributed by atoms with Crippen molar-refractivity contribution in [3.63, 3.8) is 0 Å². The van der Waals surface area contributed by atoms with Crippen molar-refractivity contribution in [2.24, 2.45) is 0 Å². The first-order valence-electron chi connectivity index (χ1n) is 8.85. The second-order valence-corrected chi connectivity index (χ2v) is 9.21. The Balaban J connectivity index is 1.82. The number of carbonyl (C=O) groups excluding carboxylic acids is 1. The lowest BCUT2D eigenvalue weighted by atomic mass is 9.86. The van der Waals surface area contributed by atoms with E-state index in [9.17, 15) is 13.2 Å². The normalized spacial score (nSPS) is 23.3. The average Bonchev–Trinajstić information content (AvgIpc) is 3.11. The third-order valence-electron chi connectivity index (χ3n) is 5.57. The van der Waals surface area contributed by atoms with Gasteiger partial charge in [-0.25, -0.2) is 13.1 Å². The zero-order valence-electron chi connectivity index (χ0n) is 15.4. The number of anilines is 1. The molecular weight excluding hydrogens is 338 g/mol. The van der Waals surface area contributed by atoms with E-state index in [1.165, 1.54) is 0 Å². The minimum atomic E-state index is -3.59. The summed E-state index contributed by atoms with van der Waals surface area (Å²) in [6.07, 6.45) is 2.13. The first-order valence-corrected chi connectivity index (χ1v) is 10.3. The van der Waals surface area contributed by atoms with Gasteiger partial charge < -0.3 is 4.90 Å².